The van der Waals surface area contributed by atoms with Gasteiger partial charge in [0.25, 0.3) is 0 Å². The summed E-state index contributed by atoms with van der Waals surface area (Å²) in [7, 11) is 0. The number of aromatic carboxylic acids is 1. The molecule has 0 fully saturated rings. The van der Waals surface area contributed by atoms with Gasteiger partial charge in [-0.1, -0.05) is 0 Å². The van der Waals surface area contributed by atoms with Crippen LogP contribution >= 0.6 is 0 Å². The Morgan fingerprint density at radius 1 is 1.39 bits per heavy atom. The fourth-order valence-corrected chi connectivity index (χ4v) is 2.02. The Morgan fingerprint density at radius 3 is 2.94 bits per heavy atom. The van der Waals surface area contributed by atoms with E-state index in [2.05, 4.69) is 4.98 Å². The molecule has 2 aromatic rings. The molecule has 2 heterocycles. The molecule has 0 aliphatic rings. The maximum Gasteiger partial charge on any atom is 0.337 e. The zero-order chi connectivity index (χ0) is 13.0. The first kappa shape index (κ1) is 12.5. The molecule has 0 aliphatic carbocycles. The Balaban J connectivity index is 2.24. The predicted octanol–water partition coefficient (Wildman–Crippen LogP) is 2.87. The molecule has 2 aromatic heterocycles. The molecule has 0 amide bonds. The summed E-state index contributed by atoms with van der Waals surface area (Å²) in [6, 6.07) is 3.48. The fourth-order valence-electron chi connectivity index (χ4n) is 2.02. The van der Waals surface area contributed by atoms with E-state index in [4.69, 9.17) is 5.11 Å². The molecule has 0 spiro atoms. The van der Waals surface area contributed by atoms with Crippen LogP contribution in [0, 0.1) is 0 Å². The van der Waals surface area contributed by atoms with E-state index < -0.39 is 5.97 Å². The van der Waals surface area contributed by atoms with Crippen molar-refractivity contribution in [2.24, 2.45) is 0 Å². The lowest BCUT2D eigenvalue weighted by atomic mass is 10.2. The van der Waals surface area contributed by atoms with Crippen molar-refractivity contribution >= 4 is 17.0 Å². The molecule has 0 aromatic carbocycles. The third-order valence-corrected chi connectivity index (χ3v) is 2.90. The summed E-state index contributed by atoms with van der Waals surface area (Å²) in [5, 5.41) is 9.76. The highest BCUT2D eigenvalue weighted by atomic mass is 19.1. The maximum atomic E-state index is 12.0. The van der Waals surface area contributed by atoms with E-state index >= 15 is 0 Å². The number of aromatic nitrogens is 2. The molecule has 0 saturated carbocycles. The number of hydrogen-bond acceptors (Lipinski definition) is 2. The molecule has 1 N–H and O–H groups in total. The largest absolute Gasteiger partial charge is 0.478 e. The number of carboxylic acids is 1. The van der Waals surface area contributed by atoms with Gasteiger partial charge in [0.1, 0.15) is 5.65 Å². The molecule has 0 saturated heterocycles. The Hall–Kier alpha value is -1.91. The second-order valence-corrected chi connectivity index (χ2v) is 4.17. The summed E-state index contributed by atoms with van der Waals surface area (Å²) in [5.41, 5.74) is 0.943. The van der Waals surface area contributed by atoms with E-state index in [-0.39, 0.29) is 12.2 Å². The minimum Gasteiger partial charge on any atom is -0.478 e. The first-order valence-electron chi connectivity index (χ1n) is 5.97. The van der Waals surface area contributed by atoms with Gasteiger partial charge in [0.05, 0.1) is 12.2 Å². The predicted molar refractivity (Wildman–Crippen MR) is 66.5 cm³/mol. The zero-order valence-electron chi connectivity index (χ0n) is 9.97. The quantitative estimate of drug-likeness (QED) is 0.802. The molecule has 18 heavy (non-hydrogen) atoms. The van der Waals surface area contributed by atoms with Crippen LogP contribution in [0.15, 0.2) is 24.5 Å². The Kier molecular flexibility index (Phi) is 3.92. The van der Waals surface area contributed by atoms with Gasteiger partial charge in [-0.3, -0.25) is 4.39 Å². The third-order valence-electron chi connectivity index (χ3n) is 2.90. The molecule has 0 unspecified atom stereocenters. The first-order chi connectivity index (χ1) is 8.74. The number of hydrogen-bond donors (Lipinski definition) is 1. The monoisotopic (exact) mass is 250 g/mol. The van der Waals surface area contributed by atoms with Crippen molar-refractivity contribution in [2.45, 2.75) is 25.8 Å². The average Bonchev–Trinajstić information content (AvgIpc) is 2.74. The summed E-state index contributed by atoms with van der Waals surface area (Å²) in [6.07, 6.45) is 5.43. The van der Waals surface area contributed by atoms with E-state index in [1.54, 1.807) is 24.5 Å². The van der Waals surface area contributed by atoms with Crippen molar-refractivity contribution in [1.29, 1.82) is 0 Å². The highest BCUT2D eigenvalue weighted by Gasteiger charge is 2.14. The van der Waals surface area contributed by atoms with Crippen LogP contribution in [0.2, 0.25) is 0 Å². The number of nitrogens with zero attached hydrogens (tertiary/aromatic N) is 2. The van der Waals surface area contributed by atoms with Gasteiger partial charge >= 0.3 is 5.97 Å². The van der Waals surface area contributed by atoms with Crippen LogP contribution in [0.4, 0.5) is 4.39 Å². The van der Waals surface area contributed by atoms with Crippen LogP contribution in [0.25, 0.3) is 11.0 Å². The van der Waals surface area contributed by atoms with Crippen molar-refractivity contribution in [3.63, 3.8) is 0 Å². The van der Waals surface area contributed by atoms with Gasteiger partial charge < -0.3 is 9.67 Å². The molecule has 0 aliphatic heterocycles. The standard InChI is InChI=1S/C13H15FN2O2/c14-6-2-1-3-8-16-9-11(13(17)18)10-5-4-7-15-12(10)16/h4-5,7,9H,1-3,6,8H2,(H,17,18). The van der Waals surface area contributed by atoms with E-state index in [0.717, 1.165) is 12.8 Å². The van der Waals surface area contributed by atoms with Crippen LogP contribution in [-0.2, 0) is 6.54 Å². The van der Waals surface area contributed by atoms with Gasteiger partial charge in [-0.05, 0) is 31.4 Å². The second-order valence-electron chi connectivity index (χ2n) is 4.17. The van der Waals surface area contributed by atoms with Crippen molar-refractivity contribution in [3.8, 4) is 0 Å². The van der Waals surface area contributed by atoms with Gasteiger partial charge in [-0.25, -0.2) is 9.78 Å². The summed E-state index contributed by atoms with van der Waals surface area (Å²) >= 11 is 0. The number of fused-ring (bicyclic) bond motifs is 1. The first-order valence-corrected chi connectivity index (χ1v) is 5.97. The van der Waals surface area contributed by atoms with Gasteiger partial charge in [0, 0.05) is 24.3 Å². The number of alkyl halides is 1. The summed E-state index contributed by atoms with van der Waals surface area (Å²) in [6.45, 7) is 0.367. The number of pyridine rings is 1. The van der Waals surface area contributed by atoms with E-state index in [1.165, 1.54) is 0 Å². The molecular formula is C13H15FN2O2. The summed E-state index contributed by atoms with van der Waals surface area (Å²) < 4.78 is 13.8. The molecule has 96 valence electrons. The molecule has 5 heteroatoms. The van der Waals surface area contributed by atoms with E-state index in [1.807, 2.05) is 4.57 Å². The highest BCUT2D eigenvalue weighted by molar-refractivity contribution is 6.02. The van der Waals surface area contributed by atoms with Gasteiger partial charge in [0.2, 0.25) is 0 Å². The van der Waals surface area contributed by atoms with Crippen LogP contribution in [0.1, 0.15) is 29.6 Å². The lowest BCUT2D eigenvalue weighted by molar-refractivity contribution is 0.0699. The zero-order valence-corrected chi connectivity index (χ0v) is 9.97. The van der Waals surface area contributed by atoms with Crippen molar-refractivity contribution < 1.29 is 14.3 Å². The van der Waals surface area contributed by atoms with Gasteiger partial charge in [-0.15, -0.1) is 0 Å². The lowest BCUT2D eigenvalue weighted by Gasteiger charge is -2.03. The highest BCUT2D eigenvalue weighted by Crippen LogP contribution is 2.20. The van der Waals surface area contributed by atoms with Crippen molar-refractivity contribution in [3.05, 3.63) is 30.1 Å². The smallest absolute Gasteiger partial charge is 0.337 e. The molecule has 0 radical (unpaired) electrons. The number of rotatable bonds is 6. The molecular weight excluding hydrogens is 235 g/mol. The van der Waals surface area contributed by atoms with Gasteiger partial charge in [0.15, 0.2) is 0 Å². The van der Waals surface area contributed by atoms with Crippen molar-refractivity contribution in [1.82, 2.24) is 9.55 Å². The molecule has 4 nitrogen and oxygen atoms in total. The second kappa shape index (κ2) is 5.62. The number of aryl methyl sites for hydroxylation is 1. The minimum atomic E-state index is -0.949. The lowest BCUT2D eigenvalue weighted by Crippen LogP contribution is -1.98. The third kappa shape index (κ3) is 2.50. The topological polar surface area (TPSA) is 55.1 Å². The number of halogens is 1. The summed E-state index contributed by atoms with van der Waals surface area (Å²) in [4.78, 5) is 15.3. The summed E-state index contributed by atoms with van der Waals surface area (Å²) in [5.74, 6) is -0.949. The number of carboxylic acid groups (broad SMARTS) is 1. The maximum absolute atomic E-state index is 12.0. The average molecular weight is 250 g/mol. The van der Waals surface area contributed by atoms with E-state index in [9.17, 15) is 9.18 Å². The Morgan fingerprint density at radius 2 is 2.22 bits per heavy atom. The number of unbranched alkanes of at least 4 members (excludes halogenated alkanes) is 2. The molecule has 0 atom stereocenters. The molecule has 2 rings (SSSR count). The van der Waals surface area contributed by atoms with Crippen LogP contribution < -0.4 is 0 Å². The molecule has 0 bridgehead atoms. The fraction of sp³-hybridized carbons (Fsp3) is 0.385. The van der Waals surface area contributed by atoms with Crippen LogP contribution in [0.5, 0.6) is 0 Å². The van der Waals surface area contributed by atoms with Crippen molar-refractivity contribution in [2.75, 3.05) is 6.67 Å². The number of carbonyl (C=O) groups is 1. The Labute approximate surface area is 104 Å². The SMILES string of the molecule is O=C(O)c1cn(CCCCCF)c2ncccc12. The minimum absolute atomic E-state index is 0.267. The van der Waals surface area contributed by atoms with Crippen LogP contribution in [0.3, 0.4) is 0 Å². The van der Waals surface area contributed by atoms with Crippen LogP contribution in [-0.4, -0.2) is 27.3 Å². The van der Waals surface area contributed by atoms with Gasteiger partial charge in [-0.2, -0.15) is 0 Å². The van der Waals surface area contributed by atoms with E-state index in [0.29, 0.717) is 24.0 Å². The normalized spacial score (nSPS) is 10.9. The Bertz CT molecular complexity index is 551.